The monoisotopic (exact) mass is 443 g/mol. The molecule has 0 N–H and O–H groups in total. The molecular weight excluding hydrogens is 421 g/mol. The lowest BCUT2D eigenvalue weighted by Crippen LogP contribution is -2.29. The van der Waals surface area contributed by atoms with E-state index in [9.17, 15) is 26.2 Å². The highest BCUT2D eigenvalue weighted by Gasteiger charge is 2.41. The van der Waals surface area contributed by atoms with Gasteiger partial charge in [-0.3, -0.25) is 0 Å². The van der Waals surface area contributed by atoms with E-state index in [2.05, 4.69) is 4.40 Å². The Hall–Kier alpha value is -1.02. The van der Waals surface area contributed by atoms with Crippen LogP contribution >= 0.6 is 11.6 Å². The summed E-state index contributed by atoms with van der Waals surface area (Å²) in [6.07, 6.45) is -3.45. The van der Waals surface area contributed by atoms with E-state index in [1.165, 1.54) is 6.07 Å². The average molecular weight is 444 g/mol. The van der Waals surface area contributed by atoms with Crippen LogP contribution in [0.2, 0.25) is 5.02 Å². The van der Waals surface area contributed by atoms with Crippen LogP contribution in [0.5, 0.6) is 0 Å². The average Bonchev–Trinajstić information content (AvgIpc) is 2.58. The van der Waals surface area contributed by atoms with Crippen molar-refractivity contribution in [3.05, 3.63) is 34.4 Å². The molecular formula is C19H23ClF5NOS. The van der Waals surface area contributed by atoms with Crippen molar-refractivity contribution in [1.82, 2.24) is 0 Å². The molecule has 0 heterocycles. The molecule has 1 aliphatic rings. The van der Waals surface area contributed by atoms with Crippen molar-refractivity contribution in [2.45, 2.75) is 63.8 Å². The fourth-order valence-corrected chi connectivity index (χ4v) is 3.96. The van der Waals surface area contributed by atoms with E-state index in [-0.39, 0.29) is 36.5 Å². The molecule has 1 aromatic rings. The van der Waals surface area contributed by atoms with E-state index in [4.69, 9.17) is 11.6 Å². The predicted molar refractivity (Wildman–Crippen MR) is 102 cm³/mol. The topological polar surface area (TPSA) is 29.4 Å². The van der Waals surface area contributed by atoms with Crippen LogP contribution in [0, 0.1) is 23.5 Å². The Labute approximate surface area is 169 Å². The van der Waals surface area contributed by atoms with Gasteiger partial charge in [-0.15, -0.1) is 0 Å². The van der Waals surface area contributed by atoms with Crippen molar-refractivity contribution in [3.8, 4) is 0 Å². The fourth-order valence-electron chi connectivity index (χ4n) is 3.15. The van der Waals surface area contributed by atoms with Crippen molar-refractivity contribution in [3.63, 3.8) is 0 Å². The van der Waals surface area contributed by atoms with Gasteiger partial charge in [0.05, 0.1) is 16.4 Å². The van der Waals surface area contributed by atoms with Crippen LogP contribution in [0.15, 0.2) is 16.5 Å². The second-order valence-electron chi connectivity index (χ2n) is 8.09. The van der Waals surface area contributed by atoms with E-state index in [0.29, 0.717) is 12.8 Å². The van der Waals surface area contributed by atoms with E-state index >= 15 is 0 Å². The summed E-state index contributed by atoms with van der Waals surface area (Å²) in [5.41, 5.74) is 0.0741. The minimum Gasteiger partial charge on any atom is -0.234 e. The van der Waals surface area contributed by atoms with Crippen molar-refractivity contribution in [1.29, 1.82) is 0 Å². The Balaban J connectivity index is 2.30. The number of halogens is 6. The molecule has 0 radical (unpaired) electrons. The van der Waals surface area contributed by atoms with Gasteiger partial charge in [0.25, 0.3) is 0 Å². The molecule has 0 aromatic heterocycles. The summed E-state index contributed by atoms with van der Waals surface area (Å²) in [5, 5.41) is -0.687. The first-order valence-electron chi connectivity index (χ1n) is 9.01. The normalized spacial score (nSPS) is 23.0. The van der Waals surface area contributed by atoms with Crippen molar-refractivity contribution >= 4 is 28.3 Å². The highest BCUT2D eigenvalue weighted by atomic mass is 35.5. The number of benzene rings is 1. The minimum atomic E-state index is -4.22. The first-order chi connectivity index (χ1) is 12.8. The molecule has 158 valence electrons. The Morgan fingerprint density at radius 1 is 1.14 bits per heavy atom. The lowest BCUT2D eigenvalue weighted by Gasteiger charge is -2.30. The Bertz CT molecular complexity index is 765. The maximum atomic E-state index is 14.5. The van der Waals surface area contributed by atoms with Crippen LogP contribution < -0.4 is 0 Å². The van der Waals surface area contributed by atoms with E-state index in [1.807, 2.05) is 0 Å². The Kier molecular flexibility index (Phi) is 7.29. The largest absolute Gasteiger partial charge is 0.391 e. The molecule has 0 spiro atoms. The van der Waals surface area contributed by atoms with Gasteiger partial charge >= 0.3 is 6.18 Å². The van der Waals surface area contributed by atoms with Gasteiger partial charge in [-0.2, -0.15) is 17.6 Å². The zero-order valence-electron chi connectivity index (χ0n) is 15.9. The Morgan fingerprint density at radius 3 is 2.21 bits per heavy atom. The van der Waals surface area contributed by atoms with Gasteiger partial charge in [-0.05, 0) is 70.9 Å². The second-order valence-corrected chi connectivity index (χ2v) is 10.4. The van der Waals surface area contributed by atoms with Gasteiger partial charge in [0.15, 0.2) is 5.82 Å². The van der Waals surface area contributed by atoms with Gasteiger partial charge in [0, 0.05) is 5.56 Å². The van der Waals surface area contributed by atoms with Crippen LogP contribution in [0.25, 0.3) is 0 Å². The predicted octanol–water partition coefficient (Wildman–Crippen LogP) is 6.63. The maximum Gasteiger partial charge on any atom is 0.391 e. The van der Waals surface area contributed by atoms with Crippen LogP contribution in [0.1, 0.15) is 58.4 Å². The summed E-state index contributed by atoms with van der Waals surface area (Å²) in [6, 6.07) is 2.17. The molecule has 9 heteroatoms. The lowest BCUT2D eigenvalue weighted by molar-refractivity contribution is -0.183. The maximum absolute atomic E-state index is 14.5. The number of rotatable bonds is 4. The number of hydrogen-bond donors (Lipinski definition) is 0. The molecule has 1 aliphatic carbocycles. The summed E-state index contributed by atoms with van der Waals surface area (Å²) in [6.45, 7) is 5.10. The van der Waals surface area contributed by atoms with Crippen LogP contribution in [-0.2, 0) is 11.0 Å². The number of nitrogens with zero attached hydrogens (tertiary/aromatic N) is 1. The summed E-state index contributed by atoms with van der Waals surface area (Å²) < 4.78 is 82.6. The smallest absolute Gasteiger partial charge is 0.234 e. The van der Waals surface area contributed by atoms with E-state index in [0.717, 1.165) is 6.07 Å². The summed E-state index contributed by atoms with van der Waals surface area (Å²) in [7, 11) is -1.71. The molecule has 1 aromatic carbocycles. The highest BCUT2D eigenvalue weighted by Crippen LogP contribution is 2.41. The fraction of sp³-hybridized carbons (Fsp3) is 0.632. The third-order valence-electron chi connectivity index (χ3n) is 4.85. The SMILES string of the molecule is CC(C)(C)S(=O)N=C(CC1CCC(C(F)(F)F)CC1)c1ccc(F)c(Cl)c1F. The minimum absolute atomic E-state index is 0.00351. The summed E-state index contributed by atoms with van der Waals surface area (Å²) >= 11 is 5.66. The van der Waals surface area contributed by atoms with Gasteiger partial charge in [0.1, 0.15) is 21.8 Å². The zero-order chi connectivity index (χ0) is 21.3. The third-order valence-corrected chi connectivity index (χ3v) is 6.64. The van der Waals surface area contributed by atoms with Crippen LogP contribution in [0.4, 0.5) is 22.0 Å². The highest BCUT2D eigenvalue weighted by molar-refractivity contribution is 7.85. The molecule has 0 saturated heterocycles. The van der Waals surface area contributed by atoms with Gasteiger partial charge in [-0.25, -0.2) is 13.0 Å². The van der Waals surface area contributed by atoms with E-state index < -0.39 is 44.5 Å². The Morgan fingerprint density at radius 2 is 1.71 bits per heavy atom. The number of alkyl halides is 3. The van der Waals surface area contributed by atoms with Crippen molar-refractivity contribution < 1.29 is 26.2 Å². The third kappa shape index (κ3) is 5.75. The first kappa shape index (κ1) is 23.3. The molecule has 0 bridgehead atoms. The quantitative estimate of drug-likeness (QED) is 0.292. The van der Waals surface area contributed by atoms with Crippen LogP contribution in [0.3, 0.4) is 0 Å². The van der Waals surface area contributed by atoms with Gasteiger partial charge in [-0.1, -0.05) is 11.6 Å². The molecule has 1 unspecified atom stereocenters. The van der Waals surface area contributed by atoms with Gasteiger partial charge < -0.3 is 0 Å². The van der Waals surface area contributed by atoms with Crippen molar-refractivity contribution in [2.24, 2.45) is 16.2 Å². The van der Waals surface area contributed by atoms with Crippen LogP contribution in [-0.4, -0.2) is 20.8 Å². The molecule has 2 nitrogen and oxygen atoms in total. The molecule has 28 heavy (non-hydrogen) atoms. The molecule has 0 aliphatic heterocycles. The molecule has 1 fully saturated rings. The molecule has 1 atom stereocenters. The molecule has 0 amide bonds. The number of hydrogen-bond acceptors (Lipinski definition) is 1. The first-order valence-corrected chi connectivity index (χ1v) is 10.5. The lowest BCUT2D eigenvalue weighted by atomic mass is 9.79. The zero-order valence-corrected chi connectivity index (χ0v) is 17.4. The second kappa shape index (κ2) is 8.78. The summed E-state index contributed by atoms with van der Waals surface area (Å²) in [4.78, 5) is 0. The van der Waals surface area contributed by atoms with E-state index in [1.54, 1.807) is 20.8 Å². The summed E-state index contributed by atoms with van der Waals surface area (Å²) in [5.74, 6) is -3.41. The standard InChI is InChI=1S/C19H23ClF5NOS/c1-18(2,3)28(27)26-15(13-8-9-14(21)16(20)17(13)22)10-11-4-6-12(7-5-11)19(23,24)25/h8-9,11-12H,4-7,10H2,1-3H3. The van der Waals surface area contributed by atoms with Gasteiger partial charge in [0.2, 0.25) is 0 Å². The van der Waals surface area contributed by atoms with Crippen molar-refractivity contribution in [2.75, 3.05) is 0 Å². The molecule has 2 rings (SSSR count). The molecule has 1 saturated carbocycles.